The maximum absolute atomic E-state index is 12.7. The van der Waals surface area contributed by atoms with Crippen molar-refractivity contribution < 1.29 is 27.5 Å². The molecule has 0 unspecified atom stereocenters. The van der Waals surface area contributed by atoms with Crippen LogP contribution >= 0.6 is 0 Å². The standard InChI is InChI=1S/C27H27F3N4O3/c1-18(35)37-24-13-15-34(16-14-24)23-10-8-22(9-11-23)33(2)25-12-7-21(17-31-25)32-26(36)19-3-5-20(6-4-19)27(28,29)30/h3-12,17,24H,13-16H2,1-2H3,(H,32,36). The largest absolute Gasteiger partial charge is 0.462 e. The molecule has 3 aromatic rings. The summed E-state index contributed by atoms with van der Waals surface area (Å²) >= 11 is 0. The van der Waals surface area contributed by atoms with Crippen molar-refractivity contribution in [3.05, 3.63) is 78.0 Å². The van der Waals surface area contributed by atoms with Gasteiger partial charge in [-0.3, -0.25) is 9.59 Å². The zero-order chi connectivity index (χ0) is 26.6. The Morgan fingerprint density at radius 2 is 1.65 bits per heavy atom. The number of rotatable bonds is 6. The number of carbonyl (C=O) groups excluding carboxylic acids is 2. The molecule has 0 radical (unpaired) electrons. The van der Waals surface area contributed by atoms with Crippen LogP contribution in [0.25, 0.3) is 0 Å². The number of anilines is 4. The summed E-state index contributed by atoms with van der Waals surface area (Å²) in [5.74, 6) is -0.111. The van der Waals surface area contributed by atoms with Crippen molar-refractivity contribution in [2.45, 2.75) is 32.0 Å². The molecule has 4 rings (SSSR count). The lowest BCUT2D eigenvalue weighted by Gasteiger charge is -2.33. The molecule has 37 heavy (non-hydrogen) atoms. The molecule has 7 nitrogen and oxygen atoms in total. The molecular weight excluding hydrogens is 485 g/mol. The topological polar surface area (TPSA) is 74.8 Å². The smallest absolute Gasteiger partial charge is 0.416 e. The number of halogens is 3. The molecule has 1 saturated heterocycles. The molecule has 194 valence electrons. The van der Waals surface area contributed by atoms with Crippen molar-refractivity contribution in [2.75, 3.05) is 35.3 Å². The monoisotopic (exact) mass is 512 g/mol. The van der Waals surface area contributed by atoms with Gasteiger partial charge in [0.1, 0.15) is 11.9 Å². The third kappa shape index (κ3) is 6.58. The first-order valence-corrected chi connectivity index (χ1v) is 11.8. The third-order valence-corrected chi connectivity index (χ3v) is 6.20. The molecule has 2 heterocycles. The highest BCUT2D eigenvalue weighted by molar-refractivity contribution is 6.04. The lowest BCUT2D eigenvalue weighted by molar-refractivity contribution is -0.147. The van der Waals surface area contributed by atoms with E-state index in [2.05, 4.69) is 15.2 Å². The van der Waals surface area contributed by atoms with E-state index in [0.717, 1.165) is 61.6 Å². The minimum atomic E-state index is -4.45. The van der Waals surface area contributed by atoms with Gasteiger partial charge in [0.25, 0.3) is 5.91 Å². The average molecular weight is 513 g/mol. The molecule has 10 heteroatoms. The third-order valence-electron chi connectivity index (χ3n) is 6.20. The van der Waals surface area contributed by atoms with Gasteiger partial charge in [-0.05, 0) is 60.7 Å². The summed E-state index contributed by atoms with van der Waals surface area (Å²) < 4.78 is 43.5. The normalized spacial score (nSPS) is 14.2. The number of hydrogen-bond acceptors (Lipinski definition) is 6. The minimum Gasteiger partial charge on any atom is -0.462 e. The number of aromatic nitrogens is 1. The predicted octanol–water partition coefficient (Wildman–Crippen LogP) is 5.65. The van der Waals surface area contributed by atoms with Gasteiger partial charge in [0, 0.05) is 56.8 Å². The van der Waals surface area contributed by atoms with Crippen molar-refractivity contribution in [3.63, 3.8) is 0 Å². The van der Waals surface area contributed by atoms with E-state index in [-0.39, 0.29) is 17.6 Å². The number of amides is 1. The molecule has 0 bridgehead atoms. The quantitative estimate of drug-likeness (QED) is 0.430. The van der Waals surface area contributed by atoms with Crippen LogP contribution in [-0.2, 0) is 15.7 Å². The molecule has 0 aliphatic carbocycles. The number of ether oxygens (including phenoxy) is 1. The minimum absolute atomic E-state index is 0.0204. The zero-order valence-corrected chi connectivity index (χ0v) is 20.5. The number of hydrogen-bond donors (Lipinski definition) is 1. The highest BCUT2D eigenvalue weighted by Gasteiger charge is 2.30. The van der Waals surface area contributed by atoms with Crippen LogP contribution in [0.4, 0.5) is 36.1 Å². The Labute approximate surface area is 212 Å². The summed E-state index contributed by atoms with van der Waals surface area (Å²) in [5.41, 5.74) is 1.75. The number of esters is 1. The maximum atomic E-state index is 12.7. The van der Waals surface area contributed by atoms with Crippen LogP contribution in [0, 0.1) is 0 Å². The van der Waals surface area contributed by atoms with Gasteiger partial charge in [-0.15, -0.1) is 0 Å². The molecular formula is C27H27F3N4O3. The molecule has 2 aromatic carbocycles. The van der Waals surface area contributed by atoms with Crippen LogP contribution in [0.1, 0.15) is 35.7 Å². The van der Waals surface area contributed by atoms with Crippen LogP contribution in [0.3, 0.4) is 0 Å². The van der Waals surface area contributed by atoms with Gasteiger partial charge in [-0.2, -0.15) is 13.2 Å². The molecule has 1 N–H and O–H groups in total. The molecule has 0 spiro atoms. The Balaban J connectivity index is 1.34. The van der Waals surface area contributed by atoms with E-state index >= 15 is 0 Å². The number of pyridine rings is 1. The van der Waals surface area contributed by atoms with Gasteiger partial charge in [-0.1, -0.05) is 0 Å². The van der Waals surface area contributed by atoms with Crippen LogP contribution in [0.5, 0.6) is 0 Å². The van der Waals surface area contributed by atoms with Gasteiger partial charge in [0.15, 0.2) is 0 Å². The lowest BCUT2D eigenvalue weighted by atomic mass is 10.1. The molecule has 1 aromatic heterocycles. The summed E-state index contributed by atoms with van der Waals surface area (Å²) in [4.78, 5) is 32.1. The van der Waals surface area contributed by atoms with Crippen LogP contribution in [-0.4, -0.2) is 43.1 Å². The second-order valence-corrected chi connectivity index (χ2v) is 8.81. The van der Waals surface area contributed by atoms with E-state index < -0.39 is 17.6 Å². The molecule has 1 aliphatic rings. The average Bonchev–Trinajstić information content (AvgIpc) is 2.88. The Bertz CT molecular complexity index is 1220. The fourth-order valence-electron chi connectivity index (χ4n) is 4.16. The second-order valence-electron chi connectivity index (χ2n) is 8.81. The maximum Gasteiger partial charge on any atom is 0.416 e. The van der Waals surface area contributed by atoms with Gasteiger partial charge < -0.3 is 19.9 Å². The summed E-state index contributed by atoms with van der Waals surface area (Å²) in [5, 5.41) is 2.65. The number of carbonyl (C=O) groups is 2. The van der Waals surface area contributed by atoms with E-state index in [9.17, 15) is 22.8 Å². The molecule has 1 amide bonds. The number of nitrogens with zero attached hydrogens (tertiary/aromatic N) is 3. The molecule has 0 saturated carbocycles. The summed E-state index contributed by atoms with van der Waals surface area (Å²) in [7, 11) is 1.88. The fourth-order valence-corrected chi connectivity index (χ4v) is 4.16. The van der Waals surface area contributed by atoms with E-state index in [1.165, 1.54) is 13.1 Å². The first-order valence-electron chi connectivity index (χ1n) is 11.8. The Hall–Kier alpha value is -4.08. The number of benzene rings is 2. The van der Waals surface area contributed by atoms with Crippen molar-refractivity contribution in [1.29, 1.82) is 0 Å². The van der Waals surface area contributed by atoms with Gasteiger partial charge >= 0.3 is 12.1 Å². The van der Waals surface area contributed by atoms with E-state index in [4.69, 9.17) is 4.74 Å². The van der Waals surface area contributed by atoms with Crippen molar-refractivity contribution in [3.8, 4) is 0 Å². The van der Waals surface area contributed by atoms with E-state index in [0.29, 0.717) is 11.5 Å². The van der Waals surface area contributed by atoms with E-state index in [1.807, 2.05) is 36.2 Å². The zero-order valence-electron chi connectivity index (χ0n) is 20.5. The Morgan fingerprint density at radius 1 is 1.00 bits per heavy atom. The number of nitrogens with one attached hydrogen (secondary N) is 1. The predicted molar refractivity (Wildman–Crippen MR) is 135 cm³/mol. The van der Waals surface area contributed by atoms with E-state index in [1.54, 1.807) is 12.1 Å². The summed E-state index contributed by atoms with van der Waals surface area (Å²) in [6.45, 7) is 3.06. The highest BCUT2D eigenvalue weighted by Crippen LogP contribution is 2.30. The number of alkyl halides is 3. The second kappa shape index (κ2) is 10.9. The highest BCUT2D eigenvalue weighted by atomic mass is 19.4. The van der Waals surface area contributed by atoms with Crippen molar-refractivity contribution in [1.82, 2.24) is 4.98 Å². The van der Waals surface area contributed by atoms with Crippen LogP contribution in [0.15, 0.2) is 66.9 Å². The first kappa shape index (κ1) is 26.0. The van der Waals surface area contributed by atoms with Crippen LogP contribution in [0.2, 0.25) is 0 Å². The first-order chi connectivity index (χ1) is 17.6. The lowest BCUT2D eigenvalue weighted by Crippen LogP contribution is -2.37. The fraction of sp³-hybridized carbons (Fsp3) is 0.296. The summed E-state index contributed by atoms with van der Waals surface area (Å²) in [6.07, 6.45) is -1.38. The van der Waals surface area contributed by atoms with Gasteiger partial charge in [0.2, 0.25) is 0 Å². The number of piperidine rings is 1. The van der Waals surface area contributed by atoms with Gasteiger partial charge in [0.05, 0.1) is 17.4 Å². The van der Waals surface area contributed by atoms with Crippen molar-refractivity contribution in [2.24, 2.45) is 0 Å². The molecule has 0 atom stereocenters. The summed E-state index contributed by atoms with van der Waals surface area (Å²) in [6, 6.07) is 15.5. The Morgan fingerprint density at radius 3 is 2.19 bits per heavy atom. The molecule has 1 aliphatic heterocycles. The Kier molecular flexibility index (Phi) is 7.66. The molecule has 1 fully saturated rings. The van der Waals surface area contributed by atoms with Crippen LogP contribution < -0.4 is 15.1 Å². The van der Waals surface area contributed by atoms with Gasteiger partial charge in [-0.25, -0.2) is 4.98 Å². The SMILES string of the molecule is CC(=O)OC1CCN(c2ccc(N(C)c3ccc(NC(=O)c4ccc(C(F)(F)F)cc4)cn3)cc2)CC1. The van der Waals surface area contributed by atoms with Crippen molar-refractivity contribution >= 4 is 34.8 Å².